The van der Waals surface area contributed by atoms with Gasteiger partial charge in [-0.05, 0) is 97.8 Å². The van der Waals surface area contributed by atoms with Crippen LogP contribution in [0.3, 0.4) is 0 Å². The minimum atomic E-state index is 0.789. The lowest BCUT2D eigenvalue weighted by Crippen LogP contribution is -2.30. The van der Waals surface area contributed by atoms with Crippen LogP contribution in [0.5, 0.6) is 0 Å². The van der Waals surface area contributed by atoms with Crippen molar-refractivity contribution in [2.45, 2.75) is 77.6 Å². The second-order valence-electron chi connectivity index (χ2n) is 9.54. The molecular weight excluding hydrogens is 348 g/mol. The zero-order valence-corrected chi connectivity index (χ0v) is 18.4. The Balaban J connectivity index is 1.37. The Bertz CT molecular complexity index is 780. The predicted octanol–water partition coefficient (Wildman–Crippen LogP) is 8.57. The van der Waals surface area contributed by atoms with Crippen LogP contribution in [0.4, 0.5) is 0 Å². The topological polar surface area (TPSA) is 0 Å². The molecule has 0 bridgehead atoms. The Hall–Kier alpha value is -1.82. The summed E-state index contributed by atoms with van der Waals surface area (Å²) < 4.78 is 0. The summed E-state index contributed by atoms with van der Waals surface area (Å²) in [6.45, 7) is 4.48. The van der Waals surface area contributed by atoms with Gasteiger partial charge in [0.25, 0.3) is 0 Å². The Kier molecular flexibility index (Phi) is 6.90. The van der Waals surface area contributed by atoms with Crippen molar-refractivity contribution in [2.24, 2.45) is 17.8 Å². The molecule has 0 aliphatic heterocycles. The van der Waals surface area contributed by atoms with E-state index >= 15 is 0 Å². The van der Waals surface area contributed by atoms with E-state index in [2.05, 4.69) is 74.5 Å². The molecule has 0 radical (unpaired) electrons. The molecule has 0 N–H and O–H groups in total. The normalized spacial score (nSPS) is 27.1. The first-order valence-electron chi connectivity index (χ1n) is 12.1. The van der Waals surface area contributed by atoms with Crippen molar-refractivity contribution < 1.29 is 0 Å². The fourth-order valence-corrected chi connectivity index (χ4v) is 5.89. The number of rotatable bonds is 6. The maximum Gasteiger partial charge on any atom is -0.0159 e. The smallest absolute Gasteiger partial charge is 0.0159 e. The zero-order valence-electron chi connectivity index (χ0n) is 18.4. The quantitative estimate of drug-likeness (QED) is 0.436. The van der Waals surface area contributed by atoms with Crippen LogP contribution < -0.4 is 0 Å². The maximum atomic E-state index is 2.41. The molecule has 4 rings (SSSR count). The highest BCUT2D eigenvalue weighted by molar-refractivity contribution is 5.64. The van der Waals surface area contributed by atoms with Gasteiger partial charge in [0.15, 0.2) is 0 Å². The third kappa shape index (κ3) is 5.03. The molecule has 2 aromatic carbocycles. The first-order valence-corrected chi connectivity index (χ1v) is 12.1. The van der Waals surface area contributed by atoms with Crippen LogP contribution >= 0.6 is 0 Å². The Morgan fingerprint density at radius 3 is 2.14 bits per heavy atom. The molecule has 4 atom stereocenters. The van der Waals surface area contributed by atoms with Gasteiger partial charge in [-0.25, -0.2) is 0 Å². The summed E-state index contributed by atoms with van der Waals surface area (Å²) in [5.41, 5.74) is 5.70. The van der Waals surface area contributed by atoms with Gasteiger partial charge in [-0.3, -0.25) is 0 Å². The Morgan fingerprint density at radius 2 is 1.45 bits per heavy atom. The van der Waals surface area contributed by atoms with Gasteiger partial charge in [-0.2, -0.15) is 0 Å². The molecule has 0 amide bonds. The third-order valence-corrected chi connectivity index (χ3v) is 7.80. The lowest BCUT2D eigenvalue weighted by atomic mass is 9.63. The molecule has 2 aliphatic carbocycles. The number of benzene rings is 2. The molecule has 2 saturated carbocycles. The molecule has 0 aromatic heterocycles. The molecule has 0 spiro atoms. The minimum absolute atomic E-state index is 0.789. The van der Waals surface area contributed by atoms with Crippen LogP contribution in [0.15, 0.2) is 60.7 Å². The summed E-state index contributed by atoms with van der Waals surface area (Å²) in [7, 11) is 0. The molecular formula is C29H38. The van der Waals surface area contributed by atoms with E-state index in [0.29, 0.717) is 0 Å². The second kappa shape index (κ2) is 9.79. The van der Waals surface area contributed by atoms with Crippen molar-refractivity contribution in [3.05, 3.63) is 71.8 Å². The summed E-state index contributed by atoms with van der Waals surface area (Å²) >= 11 is 0. The first kappa shape index (κ1) is 20.5. The highest BCUT2D eigenvalue weighted by Crippen LogP contribution is 2.48. The van der Waals surface area contributed by atoms with Crippen molar-refractivity contribution in [3.63, 3.8) is 0 Å². The number of fused-ring (bicyclic) bond motifs is 1. The number of hydrogen-bond donors (Lipinski definition) is 0. The average molecular weight is 387 g/mol. The van der Waals surface area contributed by atoms with Crippen LogP contribution in [0.25, 0.3) is 11.1 Å². The maximum absolute atomic E-state index is 2.41. The first-order chi connectivity index (χ1) is 14.3. The number of hydrogen-bond acceptors (Lipinski definition) is 0. The van der Waals surface area contributed by atoms with Crippen molar-refractivity contribution in [3.8, 4) is 11.1 Å². The molecule has 0 heterocycles. The fraction of sp³-hybridized carbons (Fsp3) is 0.517. The monoisotopic (exact) mass is 386 g/mol. The van der Waals surface area contributed by atoms with Crippen LogP contribution in [-0.4, -0.2) is 0 Å². The SMILES string of the molecule is C/C=C/CCc1ccc(-c2ccc(C3CCC4CC(CC)CCC4C3)cc2)cc1. The number of allylic oxidation sites excluding steroid dienone is 2. The summed E-state index contributed by atoms with van der Waals surface area (Å²) in [5, 5.41) is 0. The van der Waals surface area contributed by atoms with E-state index < -0.39 is 0 Å². The Labute approximate surface area is 178 Å². The predicted molar refractivity (Wildman–Crippen MR) is 126 cm³/mol. The Morgan fingerprint density at radius 1 is 0.793 bits per heavy atom. The van der Waals surface area contributed by atoms with Gasteiger partial charge in [0, 0.05) is 0 Å². The van der Waals surface area contributed by atoms with Gasteiger partial charge in [-0.15, -0.1) is 0 Å². The van der Waals surface area contributed by atoms with Crippen LogP contribution in [0, 0.1) is 17.8 Å². The summed E-state index contributed by atoms with van der Waals surface area (Å²) in [4.78, 5) is 0. The van der Waals surface area contributed by atoms with E-state index in [1.165, 1.54) is 61.6 Å². The van der Waals surface area contributed by atoms with E-state index in [1.807, 2.05) is 0 Å². The molecule has 0 saturated heterocycles. The van der Waals surface area contributed by atoms with Crippen LogP contribution in [0.1, 0.15) is 82.3 Å². The average Bonchev–Trinajstić information content (AvgIpc) is 2.79. The molecule has 2 fully saturated rings. The third-order valence-electron chi connectivity index (χ3n) is 7.80. The summed E-state index contributed by atoms with van der Waals surface area (Å²) in [6.07, 6.45) is 16.8. The van der Waals surface area contributed by atoms with Crippen molar-refractivity contribution in [2.75, 3.05) is 0 Å². The zero-order chi connectivity index (χ0) is 20.1. The summed E-state index contributed by atoms with van der Waals surface area (Å²) in [6, 6.07) is 18.7. The van der Waals surface area contributed by atoms with Crippen molar-refractivity contribution >= 4 is 0 Å². The van der Waals surface area contributed by atoms with E-state index in [0.717, 1.165) is 36.5 Å². The molecule has 154 valence electrons. The highest BCUT2D eigenvalue weighted by Gasteiger charge is 2.35. The van der Waals surface area contributed by atoms with Crippen molar-refractivity contribution in [1.29, 1.82) is 0 Å². The van der Waals surface area contributed by atoms with Gasteiger partial charge in [0.1, 0.15) is 0 Å². The second-order valence-corrected chi connectivity index (χ2v) is 9.54. The van der Waals surface area contributed by atoms with Gasteiger partial charge in [-0.1, -0.05) is 80.4 Å². The fourth-order valence-electron chi connectivity index (χ4n) is 5.89. The van der Waals surface area contributed by atoms with E-state index in [1.54, 1.807) is 5.56 Å². The molecule has 2 aliphatic rings. The molecule has 2 aromatic rings. The summed E-state index contributed by atoms with van der Waals surface area (Å²) in [5.74, 6) is 3.82. The van der Waals surface area contributed by atoms with Gasteiger partial charge >= 0.3 is 0 Å². The van der Waals surface area contributed by atoms with Gasteiger partial charge in [0.2, 0.25) is 0 Å². The minimum Gasteiger partial charge on any atom is -0.0917 e. The molecule has 4 unspecified atom stereocenters. The van der Waals surface area contributed by atoms with Crippen LogP contribution in [-0.2, 0) is 6.42 Å². The van der Waals surface area contributed by atoms with E-state index in [-0.39, 0.29) is 0 Å². The van der Waals surface area contributed by atoms with E-state index in [4.69, 9.17) is 0 Å². The largest absolute Gasteiger partial charge is 0.0917 e. The molecule has 0 nitrogen and oxygen atoms in total. The van der Waals surface area contributed by atoms with Gasteiger partial charge < -0.3 is 0 Å². The number of aryl methyl sites for hydroxylation is 1. The lowest BCUT2D eigenvalue weighted by molar-refractivity contribution is 0.116. The molecule has 29 heavy (non-hydrogen) atoms. The van der Waals surface area contributed by atoms with Crippen molar-refractivity contribution in [1.82, 2.24) is 0 Å². The van der Waals surface area contributed by atoms with Gasteiger partial charge in [0.05, 0.1) is 0 Å². The lowest BCUT2D eigenvalue weighted by Gasteiger charge is -2.42. The standard InChI is InChI=1S/C29H38/c1-3-5-6-7-23-9-11-24(12-10-23)25-14-16-26(17-15-25)28-19-18-27-20-22(4-2)8-13-29(27)21-28/h3,5,9-12,14-17,22,27-29H,4,6-8,13,18-21H2,1-2H3/b5-3+. The van der Waals surface area contributed by atoms with E-state index in [9.17, 15) is 0 Å². The highest BCUT2D eigenvalue weighted by atomic mass is 14.4. The van der Waals surface area contributed by atoms with Crippen LogP contribution in [0.2, 0.25) is 0 Å². The molecule has 0 heteroatoms.